The zero-order chi connectivity index (χ0) is 18.8. The fourth-order valence-electron chi connectivity index (χ4n) is 2.65. The molecule has 0 radical (unpaired) electrons. The van der Waals surface area contributed by atoms with Crippen molar-refractivity contribution in [1.29, 1.82) is 0 Å². The Morgan fingerprint density at radius 2 is 1.00 bits per heavy atom. The maximum Gasteiger partial charge on any atom is 0.101 e. The molecule has 2 aromatic carbocycles. The second-order valence-electron chi connectivity index (χ2n) is 6.90. The van der Waals surface area contributed by atoms with E-state index in [-0.39, 0.29) is 27.9 Å². The molecule has 0 aliphatic carbocycles. The number of hydrogen-bond donors (Lipinski definition) is 0. The molecule has 0 aliphatic rings. The number of aliphatic imine (C=N–C) groups is 2. The average Bonchev–Trinajstić information content (AvgIpc) is 2.64. The standard InChI is InChI=1S/C22H30N2P2/c1-25(2)17-15-23-21(19-11-7-5-8-12-19)22(24-16-18-26(3)4)20-13-9-6-10-14-20/h5-16,21-22H,17-18H2,1-4H3/t21-,22-/m1/s1. The molecule has 0 amide bonds. The van der Waals surface area contributed by atoms with E-state index in [9.17, 15) is 0 Å². The van der Waals surface area contributed by atoms with Crippen LogP contribution in [0, 0.1) is 0 Å². The van der Waals surface area contributed by atoms with E-state index in [1.807, 2.05) is 0 Å². The second kappa shape index (κ2) is 11.4. The highest BCUT2D eigenvalue weighted by Gasteiger charge is 2.23. The number of rotatable bonds is 9. The van der Waals surface area contributed by atoms with Crippen LogP contribution in [0.5, 0.6) is 0 Å². The summed E-state index contributed by atoms with van der Waals surface area (Å²) in [7, 11) is 0.0434. The van der Waals surface area contributed by atoms with Crippen LogP contribution in [0.3, 0.4) is 0 Å². The normalized spacial score (nSPS) is 14.5. The van der Waals surface area contributed by atoms with Gasteiger partial charge < -0.3 is 0 Å². The van der Waals surface area contributed by atoms with Crippen molar-refractivity contribution in [1.82, 2.24) is 0 Å². The third-order valence-electron chi connectivity index (χ3n) is 4.01. The first kappa shape index (κ1) is 20.9. The molecule has 0 bridgehead atoms. The summed E-state index contributed by atoms with van der Waals surface area (Å²) in [4.78, 5) is 9.98. The Hall–Kier alpha value is -1.36. The summed E-state index contributed by atoms with van der Waals surface area (Å²) in [6.45, 7) is 9.15. The van der Waals surface area contributed by atoms with E-state index in [0.29, 0.717) is 0 Å². The molecule has 0 unspecified atom stereocenters. The van der Waals surface area contributed by atoms with E-state index in [1.54, 1.807) is 0 Å². The molecule has 2 atom stereocenters. The molecule has 0 spiro atoms. The molecule has 26 heavy (non-hydrogen) atoms. The Morgan fingerprint density at radius 3 is 1.31 bits per heavy atom. The Labute approximate surface area is 161 Å². The molecule has 0 saturated heterocycles. The van der Waals surface area contributed by atoms with E-state index >= 15 is 0 Å². The van der Waals surface area contributed by atoms with Gasteiger partial charge in [-0.25, -0.2) is 0 Å². The fourth-order valence-corrected chi connectivity index (χ4v) is 3.49. The molecular formula is C22H30N2P2. The molecule has 0 saturated carbocycles. The number of nitrogens with zero attached hydrogens (tertiary/aromatic N) is 2. The molecule has 2 rings (SSSR count). The van der Waals surface area contributed by atoms with Crippen molar-refractivity contribution in [3.8, 4) is 0 Å². The van der Waals surface area contributed by atoms with Crippen molar-refractivity contribution >= 4 is 28.3 Å². The first-order valence-corrected chi connectivity index (χ1v) is 13.8. The SMILES string of the molecule is CP(C)CC=N[C@H](c1ccccc1)[C@H](N=CCP(C)C)c1ccccc1. The molecule has 0 aliphatic heterocycles. The highest BCUT2D eigenvalue weighted by molar-refractivity contribution is 7.57. The summed E-state index contributed by atoms with van der Waals surface area (Å²) in [6, 6.07) is 21.2. The van der Waals surface area contributed by atoms with E-state index in [4.69, 9.17) is 9.98 Å². The lowest BCUT2D eigenvalue weighted by atomic mass is 9.94. The first-order chi connectivity index (χ1) is 12.6. The smallest absolute Gasteiger partial charge is 0.101 e. The molecule has 0 aromatic heterocycles. The predicted octanol–water partition coefficient (Wildman–Crippen LogP) is 6.09. The minimum Gasteiger partial charge on any atom is -0.286 e. The molecule has 0 fully saturated rings. The van der Waals surface area contributed by atoms with E-state index in [0.717, 1.165) is 12.3 Å². The molecule has 2 nitrogen and oxygen atoms in total. The summed E-state index contributed by atoms with van der Waals surface area (Å²) >= 11 is 0. The van der Waals surface area contributed by atoms with Crippen LogP contribution in [0.25, 0.3) is 0 Å². The van der Waals surface area contributed by atoms with Crippen LogP contribution in [-0.4, -0.2) is 51.4 Å². The molecular weight excluding hydrogens is 354 g/mol. The summed E-state index contributed by atoms with van der Waals surface area (Å²) in [5, 5.41) is 0. The van der Waals surface area contributed by atoms with Gasteiger partial charge in [0, 0.05) is 24.8 Å². The van der Waals surface area contributed by atoms with Gasteiger partial charge >= 0.3 is 0 Å². The predicted molar refractivity (Wildman–Crippen MR) is 123 cm³/mol. The van der Waals surface area contributed by atoms with Crippen molar-refractivity contribution in [3.63, 3.8) is 0 Å². The summed E-state index contributed by atoms with van der Waals surface area (Å²) in [5.41, 5.74) is 2.45. The van der Waals surface area contributed by atoms with E-state index in [2.05, 4.69) is 99.8 Å². The van der Waals surface area contributed by atoms with Crippen LogP contribution < -0.4 is 0 Å². The minimum absolute atomic E-state index is 0.0183. The summed E-state index contributed by atoms with van der Waals surface area (Å²) in [6.07, 6.45) is 6.33. The van der Waals surface area contributed by atoms with Gasteiger partial charge in [0.25, 0.3) is 0 Å². The van der Waals surface area contributed by atoms with Gasteiger partial charge in [-0.1, -0.05) is 60.7 Å². The molecule has 138 valence electrons. The van der Waals surface area contributed by atoms with Crippen molar-refractivity contribution in [2.45, 2.75) is 12.1 Å². The van der Waals surface area contributed by atoms with Crippen LogP contribution in [0.2, 0.25) is 0 Å². The van der Waals surface area contributed by atoms with Gasteiger partial charge in [0.05, 0.1) is 0 Å². The monoisotopic (exact) mass is 384 g/mol. The number of benzene rings is 2. The number of hydrogen-bond acceptors (Lipinski definition) is 2. The van der Waals surface area contributed by atoms with Crippen molar-refractivity contribution in [2.24, 2.45) is 9.98 Å². The van der Waals surface area contributed by atoms with Gasteiger partial charge in [0.1, 0.15) is 12.1 Å². The average molecular weight is 384 g/mol. The fraction of sp³-hybridized carbons (Fsp3) is 0.364. The third-order valence-corrected chi connectivity index (χ3v) is 5.79. The maximum absolute atomic E-state index is 4.99. The van der Waals surface area contributed by atoms with E-state index < -0.39 is 0 Å². The third kappa shape index (κ3) is 7.10. The zero-order valence-corrected chi connectivity index (χ0v) is 18.1. The van der Waals surface area contributed by atoms with Gasteiger partial charge in [-0.15, -0.1) is 15.8 Å². The highest BCUT2D eigenvalue weighted by Crippen LogP contribution is 2.36. The van der Waals surface area contributed by atoms with Gasteiger partial charge in [-0.05, 0) is 37.8 Å². The van der Waals surface area contributed by atoms with Crippen molar-refractivity contribution in [2.75, 3.05) is 39.0 Å². The van der Waals surface area contributed by atoms with Crippen LogP contribution in [-0.2, 0) is 0 Å². The second-order valence-corrected chi connectivity index (χ2v) is 11.9. The lowest BCUT2D eigenvalue weighted by Gasteiger charge is -2.22. The Bertz CT molecular complexity index is 620. The minimum atomic E-state index is 0.0183. The van der Waals surface area contributed by atoms with Crippen LogP contribution in [0.15, 0.2) is 70.6 Å². The Kier molecular flexibility index (Phi) is 9.16. The molecule has 4 heteroatoms. The highest BCUT2D eigenvalue weighted by atomic mass is 31.1. The molecule has 2 aromatic rings. The van der Waals surface area contributed by atoms with Gasteiger partial charge in [-0.2, -0.15) is 0 Å². The first-order valence-electron chi connectivity index (χ1n) is 9.00. The molecule has 0 N–H and O–H groups in total. The molecule has 0 heterocycles. The lowest BCUT2D eigenvalue weighted by molar-refractivity contribution is 0.583. The largest absolute Gasteiger partial charge is 0.286 e. The van der Waals surface area contributed by atoms with Crippen LogP contribution >= 0.6 is 15.8 Å². The topological polar surface area (TPSA) is 24.7 Å². The lowest BCUT2D eigenvalue weighted by Crippen LogP contribution is -2.09. The Morgan fingerprint density at radius 1 is 0.654 bits per heavy atom. The van der Waals surface area contributed by atoms with Crippen LogP contribution in [0.4, 0.5) is 0 Å². The maximum atomic E-state index is 4.99. The van der Waals surface area contributed by atoms with Gasteiger partial charge in [-0.3, -0.25) is 9.98 Å². The summed E-state index contributed by atoms with van der Waals surface area (Å²) in [5.74, 6) is 0. The van der Waals surface area contributed by atoms with Crippen molar-refractivity contribution in [3.05, 3.63) is 71.8 Å². The van der Waals surface area contributed by atoms with Gasteiger partial charge in [0.2, 0.25) is 0 Å². The quantitative estimate of drug-likeness (QED) is 0.369. The summed E-state index contributed by atoms with van der Waals surface area (Å²) < 4.78 is 0. The van der Waals surface area contributed by atoms with Crippen molar-refractivity contribution < 1.29 is 0 Å². The Balaban J connectivity index is 2.39. The van der Waals surface area contributed by atoms with Crippen LogP contribution in [0.1, 0.15) is 23.2 Å². The van der Waals surface area contributed by atoms with Gasteiger partial charge in [0.15, 0.2) is 0 Å². The van der Waals surface area contributed by atoms with E-state index in [1.165, 1.54) is 11.1 Å². The zero-order valence-electron chi connectivity index (χ0n) is 16.3.